The van der Waals surface area contributed by atoms with Gasteiger partial charge in [-0.2, -0.15) is 4.98 Å². The lowest BCUT2D eigenvalue weighted by Gasteiger charge is -2.19. The lowest BCUT2D eigenvalue weighted by molar-refractivity contribution is -0.119. The zero-order valence-corrected chi connectivity index (χ0v) is 19.7. The lowest BCUT2D eigenvalue weighted by atomic mass is 9.93. The highest BCUT2D eigenvalue weighted by atomic mass is 19.1. The molecule has 37 heavy (non-hydrogen) atoms. The summed E-state index contributed by atoms with van der Waals surface area (Å²) in [6.45, 7) is 0.0290. The van der Waals surface area contributed by atoms with Gasteiger partial charge in [-0.3, -0.25) is 4.79 Å². The third kappa shape index (κ3) is 4.99. The van der Waals surface area contributed by atoms with E-state index in [1.807, 2.05) is 0 Å². The van der Waals surface area contributed by atoms with Gasteiger partial charge in [0.15, 0.2) is 0 Å². The van der Waals surface area contributed by atoms with Crippen LogP contribution in [0.1, 0.15) is 11.5 Å². The molecular formula is C25H21F2N5O5. The first-order chi connectivity index (χ1) is 17.9. The Labute approximate surface area is 209 Å². The Morgan fingerprint density at radius 3 is 2.41 bits per heavy atom. The third-order valence-electron chi connectivity index (χ3n) is 5.77. The normalized spacial score (nSPS) is 16.8. The molecule has 1 aliphatic rings. The second-order valence-electron chi connectivity index (χ2n) is 8.04. The number of aromatic nitrogens is 3. The van der Waals surface area contributed by atoms with Crippen molar-refractivity contribution in [3.63, 3.8) is 0 Å². The van der Waals surface area contributed by atoms with Gasteiger partial charge in [-0.05, 0) is 24.3 Å². The summed E-state index contributed by atoms with van der Waals surface area (Å²) in [5.74, 6) is -1.41. The third-order valence-corrected chi connectivity index (χ3v) is 5.77. The average Bonchev–Trinajstić information content (AvgIpc) is 3.51. The Morgan fingerprint density at radius 1 is 0.973 bits per heavy atom. The zero-order valence-electron chi connectivity index (χ0n) is 19.7. The highest BCUT2D eigenvalue weighted by molar-refractivity contribution is 5.88. The summed E-state index contributed by atoms with van der Waals surface area (Å²) in [5.41, 5.74) is 0.351. The maximum absolute atomic E-state index is 14.7. The molecule has 0 bridgehead atoms. The molecule has 1 aliphatic heterocycles. The van der Waals surface area contributed by atoms with Gasteiger partial charge in [0, 0.05) is 47.9 Å². The number of halogens is 2. The standard InChI is InChI=1S/C25H21F2N5O5/c1-34-15-10-17(26)21(18(27)11-15)16-12-28-23(33)22(16)30-25-32-31-24(37-25)13-6-8-14(9-7-13)36-20-5-3-4-19(29-20)35-2/h3-11,16,22H,12H2,1-2H3,(H,28,33)(H,30,32). The molecule has 0 spiro atoms. The van der Waals surface area contributed by atoms with E-state index in [2.05, 4.69) is 25.8 Å². The van der Waals surface area contributed by atoms with E-state index in [9.17, 15) is 13.6 Å². The fourth-order valence-corrected chi connectivity index (χ4v) is 3.97. The van der Waals surface area contributed by atoms with E-state index in [0.717, 1.165) is 12.1 Å². The molecule has 1 fully saturated rings. The second-order valence-corrected chi connectivity index (χ2v) is 8.04. The van der Waals surface area contributed by atoms with Gasteiger partial charge in [0.25, 0.3) is 0 Å². The zero-order chi connectivity index (χ0) is 25.9. The number of carbonyl (C=O) groups is 1. The second kappa shape index (κ2) is 10.1. The van der Waals surface area contributed by atoms with E-state index in [4.69, 9.17) is 18.6 Å². The molecule has 5 rings (SSSR count). The number of amides is 1. The van der Waals surface area contributed by atoms with Gasteiger partial charge in [-0.1, -0.05) is 11.2 Å². The van der Waals surface area contributed by atoms with Gasteiger partial charge in [-0.15, -0.1) is 5.10 Å². The van der Waals surface area contributed by atoms with Crippen LogP contribution in [0.5, 0.6) is 23.3 Å². The van der Waals surface area contributed by atoms with E-state index in [0.29, 0.717) is 23.1 Å². The number of pyridine rings is 1. The summed E-state index contributed by atoms with van der Waals surface area (Å²) in [5, 5.41) is 13.3. The molecule has 12 heteroatoms. The number of ether oxygens (including phenoxy) is 3. The number of nitrogens with one attached hydrogen (secondary N) is 2. The molecule has 2 N–H and O–H groups in total. The minimum absolute atomic E-state index is 0.0290. The summed E-state index contributed by atoms with van der Waals surface area (Å²) < 4.78 is 50.7. The molecular weight excluding hydrogens is 488 g/mol. The van der Waals surface area contributed by atoms with E-state index in [1.54, 1.807) is 42.5 Å². The van der Waals surface area contributed by atoms with E-state index in [-0.39, 0.29) is 29.8 Å². The smallest absolute Gasteiger partial charge is 0.316 e. The largest absolute Gasteiger partial charge is 0.497 e. The average molecular weight is 509 g/mol. The Morgan fingerprint density at radius 2 is 1.70 bits per heavy atom. The van der Waals surface area contributed by atoms with Crippen molar-refractivity contribution in [1.29, 1.82) is 0 Å². The maximum Gasteiger partial charge on any atom is 0.316 e. The Bertz CT molecular complexity index is 1410. The van der Waals surface area contributed by atoms with Crippen LogP contribution in [0.3, 0.4) is 0 Å². The van der Waals surface area contributed by atoms with Gasteiger partial charge in [0.1, 0.15) is 29.2 Å². The van der Waals surface area contributed by atoms with Crippen molar-refractivity contribution in [2.24, 2.45) is 0 Å². The van der Waals surface area contributed by atoms with Crippen molar-refractivity contribution < 1.29 is 32.2 Å². The molecule has 0 aliphatic carbocycles. The number of carbonyl (C=O) groups excluding carboxylic acids is 1. The molecule has 1 saturated heterocycles. The highest BCUT2D eigenvalue weighted by Gasteiger charge is 2.40. The van der Waals surface area contributed by atoms with Crippen molar-refractivity contribution in [3.05, 3.63) is 71.8 Å². The molecule has 10 nitrogen and oxygen atoms in total. The number of anilines is 1. The first kappa shape index (κ1) is 24.0. The fraction of sp³-hybridized carbons (Fsp3) is 0.200. The Kier molecular flexibility index (Phi) is 6.54. The van der Waals surface area contributed by atoms with Crippen LogP contribution in [-0.4, -0.2) is 47.9 Å². The van der Waals surface area contributed by atoms with Crippen LogP contribution in [0.15, 0.2) is 59.0 Å². The number of nitrogens with zero attached hydrogens (tertiary/aromatic N) is 3. The summed E-state index contributed by atoms with van der Waals surface area (Å²) in [6, 6.07) is 13.0. The van der Waals surface area contributed by atoms with Crippen LogP contribution in [-0.2, 0) is 4.79 Å². The van der Waals surface area contributed by atoms with Crippen molar-refractivity contribution in [1.82, 2.24) is 20.5 Å². The number of hydrogen-bond acceptors (Lipinski definition) is 9. The number of benzene rings is 2. The fourth-order valence-electron chi connectivity index (χ4n) is 3.97. The topological polar surface area (TPSA) is 121 Å². The van der Waals surface area contributed by atoms with Gasteiger partial charge in [-0.25, -0.2) is 8.78 Å². The molecule has 190 valence electrons. The SMILES string of the molecule is COc1cc(F)c(C2CNC(=O)C2Nc2nnc(-c3ccc(Oc4cccc(OC)n4)cc3)o2)c(F)c1. The van der Waals surface area contributed by atoms with Gasteiger partial charge >= 0.3 is 6.01 Å². The van der Waals surface area contributed by atoms with Crippen molar-refractivity contribution in [3.8, 4) is 34.7 Å². The molecule has 4 aromatic rings. The summed E-state index contributed by atoms with van der Waals surface area (Å²) in [4.78, 5) is 16.6. The lowest BCUT2D eigenvalue weighted by Crippen LogP contribution is -2.33. The predicted molar refractivity (Wildman–Crippen MR) is 127 cm³/mol. The number of rotatable bonds is 8. The van der Waals surface area contributed by atoms with Gasteiger partial charge in [0.05, 0.1) is 14.2 Å². The molecule has 2 aromatic carbocycles. The van der Waals surface area contributed by atoms with Crippen molar-refractivity contribution in [2.75, 3.05) is 26.1 Å². The molecule has 0 saturated carbocycles. The van der Waals surface area contributed by atoms with E-state index < -0.39 is 29.5 Å². The van der Waals surface area contributed by atoms with Crippen LogP contribution in [0.25, 0.3) is 11.5 Å². The van der Waals surface area contributed by atoms with Gasteiger partial charge < -0.3 is 29.3 Å². The Hall–Kier alpha value is -4.74. The van der Waals surface area contributed by atoms with Crippen LogP contribution >= 0.6 is 0 Å². The predicted octanol–water partition coefficient (Wildman–Crippen LogP) is 3.91. The van der Waals surface area contributed by atoms with Crippen molar-refractivity contribution >= 4 is 11.9 Å². The van der Waals surface area contributed by atoms with Crippen LogP contribution < -0.4 is 24.8 Å². The summed E-state index contributed by atoms with van der Waals surface area (Å²) in [7, 11) is 2.83. The monoisotopic (exact) mass is 509 g/mol. The van der Waals surface area contributed by atoms with E-state index >= 15 is 0 Å². The van der Waals surface area contributed by atoms with Crippen LogP contribution in [0.4, 0.5) is 14.8 Å². The highest BCUT2D eigenvalue weighted by Crippen LogP contribution is 2.33. The Balaban J connectivity index is 1.30. The molecule has 2 atom stereocenters. The number of methoxy groups -OCH3 is 2. The molecule has 2 aromatic heterocycles. The summed E-state index contributed by atoms with van der Waals surface area (Å²) >= 11 is 0. The molecule has 3 heterocycles. The number of hydrogen-bond donors (Lipinski definition) is 2. The van der Waals surface area contributed by atoms with E-state index in [1.165, 1.54) is 14.2 Å². The first-order valence-corrected chi connectivity index (χ1v) is 11.1. The first-order valence-electron chi connectivity index (χ1n) is 11.1. The molecule has 0 radical (unpaired) electrons. The summed E-state index contributed by atoms with van der Waals surface area (Å²) in [6.07, 6.45) is 0. The minimum Gasteiger partial charge on any atom is -0.497 e. The maximum atomic E-state index is 14.7. The molecule has 2 unspecified atom stereocenters. The van der Waals surface area contributed by atoms with Crippen LogP contribution in [0, 0.1) is 11.6 Å². The van der Waals surface area contributed by atoms with Crippen LogP contribution in [0.2, 0.25) is 0 Å². The van der Waals surface area contributed by atoms with Crippen molar-refractivity contribution in [2.45, 2.75) is 12.0 Å². The van der Waals surface area contributed by atoms with Gasteiger partial charge in [0.2, 0.25) is 23.6 Å². The molecule has 1 amide bonds. The quantitative estimate of drug-likeness (QED) is 0.364. The minimum atomic E-state index is -1.03.